The Morgan fingerprint density at radius 3 is 2.35 bits per heavy atom. The Hall–Kier alpha value is -2.73. The van der Waals surface area contributed by atoms with Crippen LogP contribution in [-0.4, -0.2) is 32.4 Å². The van der Waals surface area contributed by atoms with Crippen LogP contribution in [0.25, 0.3) is 0 Å². The monoisotopic (exact) mass is 443 g/mol. The van der Waals surface area contributed by atoms with E-state index in [0.717, 1.165) is 46.9 Å². The summed E-state index contributed by atoms with van der Waals surface area (Å²) in [7, 11) is 3.26. The van der Waals surface area contributed by atoms with E-state index in [1.165, 1.54) is 0 Å². The molecular formula is C25H30ClNO4. The summed E-state index contributed by atoms with van der Waals surface area (Å²) in [5, 5.41) is 13.8. The first kappa shape index (κ1) is 24.5. The first-order chi connectivity index (χ1) is 14.7. The molecule has 6 heteroatoms. The summed E-state index contributed by atoms with van der Waals surface area (Å²) in [5.41, 5.74) is 3.09. The lowest BCUT2D eigenvalue weighted by molar-refractivity contribution is 0.174. The van der Waals surface area contributed by atoms with Crippen LogP contribution in [0, 0.1) is 0 Å². The van der Waals surface area contributed by atoms with Crippen molar-refractivity contribution in [3.8, 4) is 17.2 Å². The van der Waals surface area contributed by atoms with Gasteiger partial charge in [-0.3, -0.25) is 0 Å². The van der Waals surface area contributed by atoms with E-state index in [2.05, 4.69) is 5.32 Å². The summed E-state index contributed by atoms with van der Waals surface area (Å²) < 4.78 is 16.5. The summed E-state index contributed by atoms with van der Waals surface area (Å²) in [6, 6.07) is 23.5. The van der Waals surface area contributed by atoms with Crippen LogP contribution in [0.3, 0.4) is 0 Å². The van der Waals surface area contributed by atoms with Crippen molar-refractivity contribution < 1.29 is 19.3 Å². The normalized spacial score (nSPS) is 11.3. The van der Waals surface area contributed by atoms with Crippen LogP contribution in [0.2, 0.25) is 0 Å². The number of hydrogen-bond donors (Lipinski definition) is 2. The molecule has 0 saturated carbocycles. The molecule has 3 aromatic carbocycles. The van der Waals surface area contributed by atoms with Gasteiger partial charge in [-0.2, -0.15) is 0 Å². The molecular weight excluding hydrogens is 414 g/mol. The van der Waals surface area contributed by atoms with Gasteiger partial charge in [0.15, 0.2) is 11.5 Å². The van der Waals surface area contributed by atoms with Crippen LogP contribution in [0.4, 0.5) is 0 Å². The van der Waals surface area contributed by atoms with Crippen molar-refractivity contribution in [1.29, 1.82) is 0 Å². The molecule has 0 aliphatic carbocycles. The van der Waals surface area contributed by atoms with Gasteiger partial charge in [0.1, 0.15) is 12.4 Å². The Morgan fingerprint density at radius 1 is 0.839 bits per heavy atom. The lowest BCUT2D eigenvalue weighted by atomic mass is 10.1. The second-order valence-corrected chi connectivity index (χ2v) is 7.01. The molecule has 3 rings (SSSR count). The molecule has 0 saturated heterocycles. The summed E-state index contributed by atoms with van der Waals surface area (Å²) in [6.45, 7) is 1.72. The highest BCUT2D eigenvalue weighted by Crippen LogP contribution is 2.27. The highest BCUT2D eigenvalue weighted by Gasteiger charge is 2.09. The van der Waals surface area contributed by atoms with E-state index in [0.29, 0.717) is 13.2 Å². The fourth-order valence-corrected chi connectivity index (χ4v) is 3.18. The molecule has 1 atom stereocenters. The average molecular weight is 444 g/mol. The molecule has 0 radical (unpaired) electrons. The molecule has 0 aliphatic rings. The predicted molar refractivity (Wildman–Crippen MR) is 126 cm³/mol. The maximum absolute atomic E-state index is 10.5. The standard InChI is InChI=1S/C25H29NO4.ClH/c1-28-24-12-11-19(15-25(24)29-2)13-14-26-17-23(27)21-9-6-10-22(16-21)30-18-20-7-4-3-5-8-20;/h3-12,15-16,23,26-27H,13-14,17-18H2,1-2H3;1H. The van der Waals surface area contributed by atoms with Crippen molar-refractivity contribution in [3.05, 3.63) is 89.5 Å². The van der Waals surface area contributed by atoms with E-state index in [-0.39, 0.29) is 12.4 Å². The Morgan fingerprint density at radius 2 is 1.61 bits per heavy atom. The van der Waals surface area contributed by atoms with Gasteiger partial charge in [0, 0.05) is 6.54 Å². The molecule has 166 valence electrons. The molecule has 31 heavy (non-hydrogen) atoms. The number of methoxy groups -OCH3 is 2. The number of ether oxygens (including phenoxy) is 3. The van der Waals surface area contributed by atoms with Crippen molar-refractivity contribution in [2.75, 3.05) is 27.3 Å². The molecule has 5 nitrogen and oxygen atoms in total. The third-order valence-electron chi connectivity index (χ3n) is 4.87. The van der Waals surface area contributed by atoms with Gasteiger partial charge < -0.3 is 24.6 Å². The Labute approximate surface area is 190 Å². The van der Waals surface area contributed by atoms with Crippen LogP contribution >= 0.6 is 12.4 Å². The van der Waals surface area contributed by atoms with Crippen molar-refractivity contribution in [2.24, 2.45) is 0 Å². The van der Waals surface area contributed by atoms with Gasteiger partial charge >= 0.3 is 0 Å². The zero-order valence-corrected chi connectivity index (χ0v) is 18.7. The zero-order chi connectivity index (χ0) is 21.2. The van der Waals surface area contributed by atoms with Crippen LogP contribution in [0.1, 0.15) is 22.8 Å². The van der Waals surface area contributed by atoms with Crippen molar-refractivity contribution >= 4 is 12.4 Å². The van der Waals surface area contributed by atoms with Crippen molar-refractivity contribution in [3.63, 3.8) is 0 Å². The number of halogens is 1. The fraction of sp³-hybridized carbons (Fsp3) is 0.280. The molecule has 0 amide bonds. The topological polar surface area (TPSA) is 60.0 Å². The molecule has 2 N–H and O–H groups in total. The Balaban J connectivity index is 0.00000341. The minimum absolute atomic E-state index is 0. The second-order valence-electron chi connectivity index (χ2n) is 7.01. The molecule has 0 bridgehead atoms. The zero-order valence-electron chi connectivity index (χ0n) is 17.9. The Kier molecular flexibility index (Phi) is 10.2. The third-order valence-corrected chi connectivity index (χ3v) is 4.87. The van der Waals surface area contributed by atoms with Crippen molar-refractivity contribution in [2.45, 2.75) is 19.1 Å². The SMILES string of the molecule is COc1ccc(CCNCC(O)c2cccc(OCc3ccccc3)c2)cc1OC.Cl. The van der Waals surface area contributed by atoms with Gasteiger partial charge in [-0.05, 0) is 53.9 Å². The number of aliphatic hydroxyl groups is 1. The van der Waals surface area contributed by atoms with Gasteiger partial charge in [0.2, 0.25) is 0 Å². The van der Waals surface area contributed by atoms with Crippen molar-refractivity contribution in [1.82, 2.24) is 5.32 Å². The molecule has 0 fully saturated rings. The van der Waals surface area contributed by atoms with Gasteiger partial charge in [0.05, 0.1) is 20.3 Å². The molecule has 3 aromatic rings. The largest absolute Gasteiger partial charge is 0.493 e. The summed E-state index contributed by atoms with van der Waals surface area (Å²) in [5.74, 6) is 2.20. The lowest BCUT2D eigenvalue weighted by Crippen LogP contribution is -2.23. The highest BCUT2D eigenvalue weighted by atomic mass is 35.5. The minimum Gasteiger partial charge on any atom is -0.493 e. The third kappa shape index (κ3) is 7.47. The number of aliphatic hydroxyl groups excluding tert-OH is 1. The number of rotatable bonds is 11. The van der Waals surface area contributed by atoms with E-state index in [9.17, 15) is 5.11 Å². The van der Waals surface area contributed by atoms with Gasteiger partial charge in [-0.15, -0.1) is 12.4 Å². The van der Waals surface area contributed by atoms with Crippen LogP contribution in [-0.2, 0) is 13.0 Å². The molecule has 0 spiro atoms. The number of benzene rings is 3. The van der Waals surface area contributed by atoms with E-state index in [1.807, 2.05) is 72.8 Å². The van der Waals surface area contributed by atoms with Gasteiger partial charge in [0.25, 0.3) is 0 Å². The maximum Gasteiger partial charge on any atom is 0.160 e. The van der Waals surface area contributed by atoms with Crippen LogP contribution in [0.5, 0.6) is 17.2 Å². The molecule has 0 aromatic heterocycles. The van der Waals surface area contributed by atoms with E-state index in [1.54, 1.807) is 14.2 Å². The second kappa shape index (κ2) is 12.8. The molecule has 0 heterocycles. The summed E-state index contributed by atoms with van der Waals surface area (Å²) in [4.78, 5) is 0. The first-order valence-electron chi connectivity index (χ1n) is 10.1. The number of hydrogen-bond acceptors (Lipinski definition) is 5. The van der Waals surface area contributed by atoms with Crippen LogP contribution in [0.15, 0.2) is 72.8 Å². The Bertz CT molecular complexity index is 920. The van der Waals surface area contributed by atoms with E-state index < -0.39 is 6.10 Å². The summed E-state index contributed by atoms with van der Waals surface area (Å²) >= 11 is 0. The first-order valence-corrected chi connectivity index (χ1v) is 10.1. The quantitative estimate of drug-likeness (QED) is 0.425. The summed E-state index contributed by atoms with van der Waals surface area (Å²) in [6.07, 6.45) is 0.225. The van der Waals surface area contributed by atoms with Gasteiger partial charge in [-0.25, -0.2) is 0 Å². The van der Waals surface area contributed by atoms with Crippen LogP contribution < -0.4 is 19.5 Å². The van der Waals surface area contributed by atoms with Gasteiger partial charge in [-0.1, -0.05) is 48.5 Å². The molecule has 0 aliphatic heterocycles. The fourth-order valence-electron chi connectivity index (χ4n) is 3.18. The minimum atomic E-state index is -0.601. The maximum atomic E-state index is 10.5. The average Bonchev–Trinajstić information content (AvgIpc) is 2.81. The number of nitrogens with one attached hydrogen (secondary N) is 1. The van der Waals surface area contributed by atoms with E-state index >= 15 is 0 Å². The lowest BCUT2D eigenvalue weighted by Gasteiger charge is -2.14. The van der Waals surface area contributed by atoms with E-state index in [4.69, 9.17) is 14.2 Å². The smallest absolute Gasteiger partial charge is 0.160 e. The molecule has 1 unspecified atom stereocenters. The highest BCUT2D eigenvalue weighted by molar-refractivity contribution is 5.85. The predicted octanol–water partition coefficient (Wildman–Crippen LogP) is 4.57.